The Morgan fingerprint density at radius 3 is 2.71 bits per heavy atom. The van der Waals surface area contributed by atoms with Crippen molar-refractivity contribution in [3.05, 3.63) is 65.5 Å². The van der Waals surface area contributed by atoms with E-state index >= 15 is 0 Å². The van der Waals surface area contributed by atoms with Gasteiger partial charge in [-0.05, 0) is 29.8 Å². The van der Waals surface area contributed by atoms with Crippen LogP contribution in [0.1, 0.15) is 21.6 Å². The van der Waals surface area contributed by atoms with E-state index in [2.05, 4.69) is 16.0 Å². The van der Waals surface area contributed by atoms with Crippen LogP contribution < -0.4 is 0 Å². The van der Waals surface area contributed by atoms with Crippen molar-refractivity contribution in [1.82, 2.24) is 14.8 Å². The molecule has 8 heteroatoms. The summed E-state index contributed by atoms with van der Waals surface area (Å²) >= 11 is 0. The Kier molecular flexibility index (Phi) is 4.87. The molecule has 2 atom stereocenters. The fourth-order valence-corrected chi connectivity index (χ4v) is 6.10. The van der Waals surface area contributed by atoms with Gasteiger partial charge in [-0.1, -0.05) is 18.2 Å². The van der Waals surface area contributed by atoms with E-state index in [0.717, 1.165) is 5.56 Å². The first kappa shape index (κ1) is 18.6. The number of rotatable bonds is 3. The summed E-state index contributed by atoms with van der Waals surface area (Å²) in [5.74, 6) is -0.203. The Labute approximate surface area is 164 Å². The van der Waals surface area contributed by atoms with Crippen LogP contribution in [-0.2, 0) is 16.4 Å². The van der Waals surface area contributed by atoms with E-state index in [1.165, 1.54) is 0 Å². The van der Waals surface area contributed by atoms with Crippen LogP contribution >= 0.6 is 0 Å². The van der Waals surface area contributed by atoms with Gasteiger partial charge in [0.15, 0.2) is 9.84 Å². The molecule has 3 heterocycles. The number of hydrogen-bond acceptors (Lipinski definition) is 6. The summed E-state index contributed by atoms with van der Waals surface area (Å²) in [6.45, 7) is 1.58. The number of pyridine rings is 1. The number of piperazine rings is 1. The summed E-state index contributed by atoms with van der Waals surface area (Å²) in [6, 6.07) is 14.0. The topological polar surface area (TPSA) is 94.4 Å². The number of nitrogens with zero attached hydrogens (tertiary/aromatic N) is 4. The van der Waals surface area contributed by atoms with E-state index in [1.54, 1.807) is 35.4 Å². The van der Waals surface area contributed by atoms with Crippen LogP contribution in [0.15, 0.2) is 48.7 Å². The standard InChI is InChI=1S/C20H20N4O3S/c21-11-15-4-3-5-16(10-15)12-23-8-9-24(19-14-28(26,27)13-18(19)23)20(25)17-6-1-2-7-22-17/h1-7,10,18-19H,8-9,12-14H2/t18-,19+/m0/s1. The minimum absolute atomic E-state index is 0.0228. The van der Waals surface area contributed by atoms with E-state index in [9.17, 15) is 13.2 Å². The highest BCUT2D eigenvalue weighted by Crippen LogP contribution is 2.29. The second kappa shape index (κ2) is 7.34. The molecule has 0 aliphatic carbocycles. The third-order valence-electron chi connectivity index (χ3n) is 5.38. The van der Waals surface area contributed by atoms with Gasteiger partial charge in [0.1, 0.15) is 5.69 Å². The first-order valence-corrected chi connectivity index (χ1v) is 10.9. The van der Waals surface area contributed by atoms with E-state index in [0.29, 0.717) is 30.9 Å². The number of fused-ring (bicyclic) bond motifs is 1. The second-order valence-electron chi connectivity index (χ2n) is 7.21. The molecule has 2 aromatic rings. The van der Waals surface area contributed by atoms with Crippen molar-refractivity contribution in [1.29, 1.82) is 5.26 Å². The Morgan fingerprint density at radius 2 is 1.96 bits per heavy atom. The average molecular weight is 396 g/mol. The van der Waals surface area contributed by atoms with E-state index < -0.39 is 9.84 Å². The smallest absolute Gasteiger partial charge is 0.272 e. The van der Waals surface area contributed by atoms with Crippen LogP contribution in [0.25, 0.3) is 0 Å². The van der Waals surface area contributed by atoms with Gasteiger partial charge in [-0.15, -0.1) is 0 Å². The molecule has 0 spiro atoms. The van der Waals surface area contributed by atoms with E-state index in [-0.39, 0.29) is 29.5 Å². The molecule has 0 saturated carbocycles. The van der Waals surface area contributed by atoms with Crippen molar-refractivity contribution in [3.8, 4) is 6.07 Å². The lowest BCUT2D eigenvalue weighted by atomic mass is 10.0. The number of carbonyl (C=O) groups is 1. The van der Waals surface area contributed by atoms with Gasteiger partial charge in [-0.25, -0.2) is 8.42 Å². The number of hydrogen-bond donors (Lipinski definition) is 0. The van der Waals surface area contributed by atoms with Gasteiger partial charge in [0.05, 0.1) is 29.2 Å². The predicted octanol–water partition coefficient (Wildman–Crippen LogP) is 1.08. The predicted molar refractivity (Wildman–Crippen MR) is 103 cm³/mol. The molecule has 28 heavy (non-hydrogen) atoms. The van der Waals surface area contributed by atoms with Crippen LogP contribution in [0.3, 0.4) is 0 Å². The van der Waals surface area contributed by atoms with Crippen molar-refractivity contribution in [2.75, 3.05) is 24.6 Å². The number of sulfone groups is 1. The first-order chi connectivity index (χ1) is 13.5. The fourth-order valence-electron chi connectivity index (χ4n) is 4.08. The lowest BCUT2D eigenvalue weighted by molar-refractivity contribution is 0.0301. The molecule has 1 aromatic carbocycles. The zero-order chi connectivity index (χ0) is 19.7. The molecule has 1 amide bonds. The van der Waals surface area contributed by atoms with Crippen LogP contribution in [0.5, 0.6) is 0 Å². The third kappa shape index (κ3) is 3.63. The number of carbonyl (C=O) groups excluding carboxylic acids is 1. The van der Waals surface area contributed by atoms with Crippen LogP contribution in [0, 0.1) is 11.3 Å². The number of amides is 1. The van der Waals surface area contributed by atoms with Crippen molar-refractivity contribution < 1.29 is 13.2 Å². The molecule has 144 valence electrons. The summed E-state index contributed by atoms with van der Waals surface area (Å²) in [7, 11) is -3.22. The Bertz CT molecular complexity index is 1030. The monoisotopic (exact) mass is 396 g/mol. The van der Waals surface area contributed by atoms with Crippen molar-refractivity contribution >= 4 is 15.7 Å². The summed E-state index contributed by atoms with van der Waals surface area (Å²) in [5, 5.41) is 9.10. The molecule has 1 aromatic heterocycles. The quantitative estimate of drug-likeness (QED) is 0.771. The molecule has 4 rings (SSSR count). The summed E-state index contributed by atoms with van der Waals surface area (Å²) in [6.07, 6.45) is 1.56. The van der Waals surface area contributed by atoms with Crippen molar-refractivity contribution in [3.63, 3.8) is 0 Å². The largest absolute Gasteiger partial charge is 0.330 e. The van der Waals surface area contributed by atoms with Crippen molar-refractivity contribution in [2.24, 2.45) is 0 Å². The van der Waals surface area contributed by atoms with Crippen LogP contribution in [0.4, 0.5) is 0 Å². The Balaban J connectivity index is 1.59. The summed E-state index contributed by atoms with van der Waals surface area (Å²) < 4.78 is 24.8. The minimum atomic E-state index is -3.22. The normalized spacial score (nSPS) is 23.8. The molecular weight excluding hydrogens is 376 g/mol. The zero-order valence-electron chi connectivity index (χ0n) is 15.2. The molecule has 7 nitrogen and oxygen atoms in total. The maximum atomic E-state index is 12.9. The minimum Gasteiger partial charge on any atom is -0.330 e. The van der Waals surface area contributed by atoms with E-state index in [4.69, 9.17) is 5.26 Å². The molecule has 2 saturated heterocycles. The lowest BCUT2D eigenvalue weighted by Crippen LogP contribution is -2.60. The molecule has 0 N–H and O–H groups in total. The van der Waals surface area contributed by atoms with Gasteiger partial charge in [0.25, 0.3) is 5.91 Å². The second-order valence-corrected chi connectivity index (χ2v) is 9.36. The van der Waals surface area contributed by atoms with Gasteiger partial charge in [-0.3, -0.25) is 14.7 Å². The highest BCUT2D eigenvalue weighted by molar-refractivity contribution is 7.91. The Morgan fingerprint density at radius 1 is 1.14 bits per heavy atom. The maximum absolute atomic E-state index is 12.9. The van der Waals surface area contributed by atoms with Gasteiger partial charge >= 0.3 is 0 Å². The van der Waals surface area contributed by atoms with Crippen LogP contribution in [0.2, 0.25) is 0 Å². The number of nitriles is 1. The highest BCUT2D eigenvalue weighted by atomic mass is 32.2. The molecule has 2 aliphatic rings. The summed E-state index contributed by atoms with van der Waals surface area (Å²) in [5.41, 5.74) is 1.88. The highest BCUT2D eigenvalue weighted by Gasteiger charge is 2.48. The first-order valence-electron chi connectivity index (χ1n) is 9.12. The van der Waals surface area contributed by atoms with Crippen LogP contribution in [-0.4, -0.2) is 65.8 Å². The van der Waals surface area contributed by atoms with Crippen molar-refractivity contribution in [2.45, 2.75) is 18.6 Å². The summed E-state index contributed by atoms with van der Waals surface area (Å²) in [4.78, 5) is 20.8. The Hall–Kier alpha value is -2.76. The molecule has 0 radical (unpaired) electrons. The van der Waals surface area contributed by atoms with Gasteiger partial charge in [-0.2, -0.15) is 5.26 Å². The molecule has 2 fully saturated rings. The SMILES string of the molecule is N#Cc1cccc(CN2CCN(C(=O)c3ccccn3)[C@@H]3CS(=O)(=O)C[C@@H]32)c1. The van der Waals surface area contributed by atoms with E-state index in [1.807, 2.05) is 18.2 Å². The molecule has 2 aliphatic heterocycles. The third-order valence-corrected chi connectivity index (χ3v) is 7.08. The maximum Gasteiger partial charge on any atom is 0.272 e. The number of benzene rings is 1. The van der Waals surface area contributed by atoms with Gasteiger partial charge in [0.2, 0.25) is 0 Å². The molecule has 0 unspecified atom stereocenters. The molecular formula is C20H20N4O3S. The lowest BCUT2D eigenvalue weighted by Gasteiger charge is -2.43. The van der Waals surface area contributed by atoms with Gasteiger partial charge in [0, 0.05) is 31.9 Å². The van der Waals surface area contributed by atoms with Gasteiger partial charge < -0.3 is 4.90 Å². The fraction of sp³-hybridized carbons (Fsp3) is 0.350. The average Bonchev–Trinajstić information content (AvgIpc) is 3.04. The zero-order valence-corrected chi connectivity index (χ0v) is 16.0. The number of aromatic nitrogens is 1. The molecule has 0 bridgehead atoms.